The number of benzene rings is 1. The molecule has 1 unspecified atom stereocenters. The van der Waals surface area contributed by atoms with Crippen LogP contribution in [0, 0.1) is 11.6 Å². The molecule has 114 valence electrons. The van der Waals surface area contributed by atoms with Gasteiger partial charge in [-0.2, -0.15) is 0 Å². The van der Waals surface area contributed by atoms with Crippen molar-refractivity contribution in [2.75, 3.05) is 40.0 Å². The molecule has 1 aromatic rings. The topological polar surface area (TPSA) is 52.9 Å². The summed E-state index contributed by atoms with van der Waals surface area (Å²) < 4.78 is 31.5. The van der Waals surface area contributed by atoms with Crippen LogP contribution in [0.15, 0.2) is 18.2 Å². The van der Waals surface area contributed by atoms with E-state index in [9.17, 15) is 13.9 Å². The van der Waals surface area contributed by atoms with Crippen LogP contribution in [0.25, 0.3) is 0 Å². The number of aliphatic hydroxyl groups is 2. The largest absolute Gasteiger partial charge is 0.395 e. The minimum absolute atomic E-state index is 0.00582. The van der Waals surface area contributed by atoms with E-state index in [4.69, 9.17) is 9.84 Å². The lowest BCUT2D eigenvalue weighted by atomic mass is 10.1. The Morgan fingerprint density at radius 1 is 1.25 bits per heavy atom. The summed E-state index contributed by atoms with van der Waals surface area (Å²) in [6, 6.07) is 3.75. The lowest BCUT2D eigenvalue weighted by Gasteiger charge is -2.22. The molecule has 6 heteroatoms. The predicted molar refractivity (Wildman–Crippen MR) is 71.3 cm³/mol. The fourth-order valence-corrected chi connectivity index (χ4v) is 1.94. The van der Waals surface area contributed by atoms with Gasteiger partial charge in [0.1, 0.15) is 0 Å². The number of hydrogen-bond donors (Lipinski definition) is 2. The number of ether oxygens (including phenoxy) is 1. The summed E-state index contributed by atoms with van der Waals surface area (Å²) in [4.78, 5) is 1.89. The molecule has 1 rings (SSSR count). The van der Waals surface area contributed by atoms with E-state index in [0.717, 1.165) is 6.07 Å². The Hall–Kier alpha value is -1.08. The van der Waals surface area contributed by atoms with Crippen molar-refractivity contribution in [1.29, 1.82) is 0 Å². The number of hydrogen-bond acceptors (Lipinski definition) is 4. The molecule has 0 aliphatic rings. The minimum atomic E-state index is -1.07. The summed E-state index contributed by atoms with van der Waals surface area (Å²) in [6.07, 6.45) is -0.821. The van der Waals surface area contributed by atoms with E-state index in [-0.39, 0.29) is 18.6 Å². The third-order valence-electron chi connectivity index (χ3n) is 3.09. The number of methoxy groups -OCH3 is 1. The number of halogens is 2. The molecule has 0 heterocycles. The van der Waals surface area contributed by atoms with Gasteiger partial charge in [0.25, 0.3) is 0 Å². The second-order valence-electron chi connectivity index (χ2n) is 4.51. The normalized spacial score (nSPS) is 12.9. The molecule has 0 aromatic heterocycles. The van der Waals surface area contributed by atoms with E-state index in [0.29, 0.717) is 26.2 Å². The first-order valence-electron chi connectivity index (χ1n) is 6.54. The highest BCUT2D eigenvalue weighted by Crippen LogP contribution is 2.22. The first-order valence-corrected chi connectivity index (χ1v) is 6.54. The molecule has 0 saturated carbocycles. The minimum Gasteiger partial charge on any atom is -0.395 e. The third-order valence-corrected chi connectivity index (χ3v) is 3.09. The summed E-state index contributed by atoms with van der Waals surface area (Å²) in [6.45, 7) is 2.01. The van der Waals surface area contributed by atoms with Gasteiger partial charge in [-0.3, -0.25) is 4.90 Å². The van der Waals surface area contributed by atoms with Crippen molar-refractivity contribution in [3.8, 4) is 0 Å². The summed E-state index contributed by atoms with van der Waals surface area (Å²) in [5.41, 5.74) is -0.0410. The van der Waals surface area contributed by atoms with Crippen LogP contribution in [0.4, 0.5) is 8.78 Å². The monoisotopic (exact) mass is 289 g/mol. The van der Waals surface area contributed by atoms with Gasteiger partial charge in [-0.25, -0.2) is 8.78 Å². The predicted octanol–water partition coefficient (Wildman–Crippen LogP) is 1.33. The zero-order chi connectivity index (χ0) is 15.0. The van der Waals surface area contributed by atoms with E-state index in [1.165, 1.54) is 12.1 Å². The average molecular weight is 289 g/mol. The molecule has 0 spiro atoms. The van der Waals surface area contributed by atoms with E-state index in [1.807, 2.05) is 4.90 Å². The van der Waals surface area contributed by atoms with Crippen molar-refractivity contribution in [2.24, 2.45) is 0 Å². The van der Waals surface area contributed by atoms with Crippen molar-refractivity contribution in [1.82, 2.24) is 4.90 Å². The van der Waals surface area contributed by atoms with Crippen LogP contribution < -0.4 is 0 Å². The molecular formula is C14H21F2NO3. The van der Waals surface area contributed by atoms with Gasteiger partial charge in [-0.15, -0.1) is 0 Å². The first kappa shape index (κ1) is 17.0. The molecule has 2 N–H and O–H groups in total. The molecule has 20 heavy (non-hydrogen) atoms. The Kier molecular flexibility index (Phi) is 7.61. The average Bonchev–Trinajstić information content (AvgIpc) is 2.44. The molecule has 0 amide bonds. The molecule has 1 aromatic carbocycles. The fourth-order valence-electron chi connectivity index (χ4n) is 1.94. The van der Waals surface area contributed by atoms with E-state index >= 15 is 0 Å². The van der Waals surface area contributed by atoms with Crippen LogP contribution in [-0.4, -0.2) is 55.1 Å². The molecule has 0 bridgehead atoms. The number of aliphatic hydroxyl groups excluding tert-OH is 2. The molecule has 0 radical (unpaired) electrons. The van der Waals surface area contributed by atoms with E-state index in [1.54, 1.807) is 7.11 Å². The maximum absolute atomic E-state index is 13.5. The highest BCUT2D eigenvalue weighted by Gasteiger charge is 2.16. The lowest BCUT2D eigenvalue weighted by Crippen LogP contribution is -2.32. The van der Waals surface area contributed by atoms with Crippen LogP contribution in [0.1, 0.15) is 18.1 Å². The molecule has 1 atom stereocenters. The molecule has 0 aliphatic carbocycles. The van der Waals surface area contributed by atoms with Gasteiger partial charge in [0.15, 0.2) is 11.6 Å². The number of rotatable bonds is 9. The van der Waals surface area contributed by atoms with Gasteiger partial charge in [0, 0.05) is 32.3 Å². The van der Waals surface area contributed by atoms with Crippen LogP contribution in [0.5, 0.6) is 0 Å². The maximum atomic E-state index is 13.5. The second-order valence-corrected chi connectivity index (χ2v) is 4.51. The first-order chi connectivity index (χ1) is 9.60. The van der Waals surface area contributed by atoms with Gasteiger partial charge in [-0.1, -0.05) is 12.1 Å². The van der Waals surface area contributed by atoms with Crippen molar-refractivity contribution in [3.05, 3.63) is 35.4 Å². The second kappa shape index (κ2) is 8.97. The van der Waals surface area contributed by atoms with Gasteiger partial charge in [0.05, 0.1) is 19.3 Å². The van der Waals surface area contributed by atoms with Crippen molar-refractivity contribution >= 4 is 0 Å². The van der Waals surface area contributed by atoms with Crippen molar-refractivity contribution < 1.29 is 23.7 Å². The summed E-state index contributed by atoms with van der Waals surface area (Å²) >= 11 is 0. The van der Waals surface area contributed by atoms with Crippen molar-refractivity contribution in [2.45, 2.75) is 12.5 Å². The van der Waals surface area contributed by atoms with Crippen LogP contribution in [-0.2, 0) is 4.74 Å². The summed E-state index contributed by atoms with van der Waals surface area (Å²) in [5, 5.41) is 18.9. The van der Waals surface area contributed by atoms with Crippen molar-refractivity contribution in [3.63, 3.8) is 0 Å². The zero-order valence-corrected chi connectivity index (χ0v) is 11.6. The number of nitrogens with zero attached hydrogens (tertiary/aromatic N) is 1. The van der Waals surface area contributed by atoms with Crippen LogP contribution in [0.3, 0.4) is 0 Å². The molecule has 0 aliphatic heterocycles. The zero-order valence-electron chi connectivity index (χ0n) is 11.6. The Morgan fingerprint density at radius 2 is 2.00 bits per heavy atom. The van der Waals surface area contributed by atoms with Gasteiger partial charge in [-0.05, 0) is 12.5 Å². The highest BCUT2D eigenvalue weighted by molar-refractivity contribution is 5.21. The molecular weight excluding hydrogens is 268 g/mol. The SMILES string of the molecule is COCCN(CCO)CCC(O)c1cccc(F)c1F. The quantitative estimate of drug-likeness (QED) is 0.720. The Bertz CT molecular complexity index is 404. The lowest BCUT2D eigenvalue weighted by molar-refractivity contribution is 0.104. The van der Waals surface area contributed by atoms with Crippen LogP contribution in [0.2, 0.25) is 0 Å². The molecule has 4 nitrogen and oxygen atoms in total. The summed E-state index contributed by atoms with van der Waals surface area (Å²) in [5.74, 6) is -1.97. The van der Waals surface area contributed by atoms with E-state index < -0.39 is 17.7 Å². The van der Waals surface area contributed by atoms with Gasteiger partial charge in [0.2, 0.25) is 0 Å². The van der Waals surface area contributed by atoms with Crippen LogP contribution >= 0.6 is 0 Å². The van der Waals surface area contributed by atoms with E-state index in [2.05, 4.69) is 0 Å². The standard InChI is InChI=1S/C14H21F2NO3/c1-20-10-8-17(7-9-18)6-5-13(19)11-3-2-4-12(15)14(11)16/h2-4,13,18-19H,5-10H2,1H3. The third kappa shape index (κ3) is 5.13. The molecule has 0 fully saturated rings. The maximum Gasteiger partial charge on any atom is 0.164 e. The fraction of sp³-hybridized carbons (Fsp3) is 0.571. The summed E-state index contributed by atoms with van der Waals surface area (Å²) in [7, 11) is 1.58. The van der Waals surface area contributed by atoms with Gasteiger partial charge >= 0.3 is 0 Å². The highest BCUT2D eigenvalue weighted by atomic mass is 19.2. The Balaban J connectivity index is 2.55. The Labute approximate surface area is 117 Å². The smallest absolute Gasteiger partial charge is 0.164 e. The van der Waals surface area contributed by atoms with Gasteiger partial charge < -0.3 is 14.9 Å². The molecule has 0 saturated heterocycles. The Morgan fingerprint density at radius 3 is 2.65 bits per heavy atom.